The number of aryl methyl sites for hydroxylation is 5. The molecule has 7 rings (SSSR count). The maximum Gasteiger partial charge on any atom is 0.276 e. The molecule has 18 heteroatoms. The molecule has 0 spiro atoms. The molecule has 0 saturated carbocycles. The topological polar surface area (TPSA) is 234 Å². The van der Waals surface area contributed by atoms with Crippen LogP contribution in [0.5, 0.6) is 11.5 Å². The van der Waals surface area contributed by atoms with Crippen LogP contribution in [0.1, 0.15) is 85.8 Å². The summed E-state index contributed by atoms with van der Waals surface area (Å²) >= 11 is 0. The molecule has 18 nitrogen and oxygen atoms in total. The number of aromatic nitrogens is 8. The molecular formula is C36H40N12O6. The van der Waals surface area contributed by atoms with Gasteiger partial charge in [-0.25, -0.2) is 9.97 Å². The maximum absolute atomic E-state index is 13.6. The minimum Gasteiger partial charge on any atom is -0.494 e. The monoisotopic (exact) mass is 736 g/mol. The van der Waals surface area contributed by atoms with Gasteiger partial charge < -0.3 is 30.1 Å². The van der Waals surface area contributed by atoms with Gasteiger partial charge in [0.15, 0.2) is 0 Å². The van der Waals surface area contributed by atoms with Crippen molar-refractivity contribution in [2.45, 2.75) is 66.2 Å². The summed E-state index contributed by atoms with van der Waals surface area (Å²) in [6, 6.07) is 9.34. The Morgan fingerprint density at radius 1 is 0.815 bits per heavy atom. The SMILES string of the molecule is CCn1nc(C)cc1C(=O)Nc1nc2cc(C(N)=O)cc(OC)c2n1CCC[C@@H]1COc2cc(C(N)=O)cc3nc(NC(=O)c4cc(C)nn4CC)n1c23. The van der Waals surface area contributed by atoms with Crippen LogP contribution in [-0.4, -0.2) is 76.0 Å². The number of hydrogen-bond acceptors (Lipinski definition) is 10. The average Bonchev–Trinajstić information content (AvgIpc) is 3.91. The number of hydrogen-bond donors (Lipinski definition) is 4. The Labute approximate surface area is 308 Å². The molecular weight excluding hydrogens is 696 g/mol. The number of carbonyl (C=O) groups is 4. The third-order valence-electron chi connectivity index (χ3n) is 9.38. The molecule has 2 aromatic carbocycles. The highest BCUT2D eigenvalue weighted by Crippen LogP contribution is 2.39. The largest absolute Gasteiger partial charge is 0.494 e. The molecule has 0 bridgehead atoms. The molecule has 1 atom stereocenters. The number of nitrogens with zero attached hydrogens (tertiary/aromatic N) is 8. The van der Waals surface area contributed by atoms with E-state index in [1.54, 1.807) is 45.8 Å². The van der Waals surface area contributed by atoms with Gasteiger partial charge in [-0.2, -0.15) is 10.2 Å². The molecule has 1 aliphatic rings. The van der Waals surface area contributed by atoms with Crippen LogP contribution in [0.3, 0.4) is 0 Å². The zero-order valence-electron chi connectivity index (χ0n) is 30.5. The van der Waals surface area contributed by atoms with Crippen LogP contribution in [0.4, 0.5) is 11.9 Å². The molecule has 6 aromatic rings. The molecule has 0 fully saturated rings. The van der Waals surface area contributed by atoms with Crippen LogP contribution in [0, 0.1) is 13.8 Å². The van der Waals surface area contributed by atoms with Gasteiger partial charge >= 0.3 is 0 Å². The lowest BCUT2D eigenvalue weighted by Crippen LogP contribution is -2.26. The van der Waals surface area contributed by atoms with Gasteiger partial charge in [0, 0.05) is 30.8 Å². The van der Waals surface area contributed by atoms with Crippen LogP contribution in [0.2, 0.25) is 0 Å². The molecule has 6 N–H and O–H groups in total. The summed E-state index contributed by atoms with van der Waals surface area (Å²) in [7, 11) is 1.48. The lowest BCUT2D eigenvalue weighted by Gasteiger charge is -2.27. The lowest BCUT2D eigenvalue weighted by molar-refractivity contribution is 0.0991. The zero-order chi connectivity index (χ0) is 38.4. The molecule has 0 aliphatic carbocycles. The first-order valence-electron chi connectivity index (χ1n) is 17.5. The van der Waals surface area contributed by atoms with Crippen LogP contribution >= 0.6 is 0 Å². The highest BCUT2D eigenvalue weighted by atomic mass is 16.5. The van der Waals surface area contributed by atoms with Crippen molar-refractivity contribution in [3.05, 3.63) is 70.3 Å². The maximum atomic E-state index is 13.6. The fourth-order valence-electron chi connectivity index (χ4n) is 6.96. The third kappa shape index (κ3) is 6.35. The van der Waals surface area contributed by atoms with Gasteiger partial charge in [0.05, 0.1) is 35.6 Å². The number of nitrogens with two attached hydrogens (primary N) is 2. The van der Waals surface area contributed by atoms with E-state index >= 15 is 0 Å². The second-order valence-corrected chi connectivity index (χ2v) is 13.0. The normalized spacial score (nSPS) is 13.6. The number of ether oxygens (including phenoxy) is 2. The Kier molecular flexibility index (Phi) is 9.26. The van der Waals surface area contributed by atoms with Gasteiger partial charge in [-0.15, -0.1) is 0 Å². The second kappa shape index (κ2) is 14.0. The number of nitrogens with one attached hydrogen (secondary N) is 2. The Hall–Kier alpha value is -6.72. The molecule has 0 unspecified atom stereocenters. The van der Waals surface area contributed by atoms with Gasteiger partial charge in [0.2, 0.25) is 23.7 Å². The van der Waals surface area contributed by atoms with E-state index in [0.29, 0.717) is 88.8 Å². The number of benzene rings is 2. The summed E-state index contributed by atoms with van der Waals surface area (Å²) in [4.78, 5) is 61.0. The first kappa shape index (κ1) is 35.7. The Balaban J connectivity index is 1.23. The van der Waals surface area contributed by atoms with Gasteiger partial charge in [-0.05, 0) is 76.9 Å². The Morgan fingerprint density at radius 2 is 1.37 bits per heavy atom. The van der Waals surface area contributed by atoms with Crippen molar-refractivity contribution < 1.29 is 28.7 Å². The molecule has 280 valence electrons. The van der Waals surface area contributed by atoms with Crippen molar-refractivity contribution in [1.82, 2.24) is 38.7 Å². The first-order valence-corrected chi connectivity index (χ1v) is 17.5. The third-order valence-corrected chi connectivity index (χ3v) is 9.38. The summed E-state index contributed by atoms with van der Waals surface area (Å²) in [5.74, 6) is -0.797. The zero-order valence-corrected chi connectivity index (χ0v) is 30.5. The van der Waals surface area contributed by atoms with Crippen molar-refractivity contribution in [2.75, 3.05) is 24.4 Å². The smallest absolute Gasteiger partial charge is 0.276 e. The highest BCUT2D eigenvalue weighted by Gasteiger charge is 2.30. The number of methoxy groups -OCH3 is 1. The minimum atomic E-state index is -0.651. The Morgan fingerprint density at radius 3 is 1.94 bits per heavy atom. The summed E-state index contributed by atoms with van der Waals surface area (Å²) in [5.41, 5.74) is 15.8. The standard InChI is InChI=1S/C36H40N12O6/c1-6-46-25(11-18(3)43-46)33(51)41-35-39-23-13-20(31(37)49)15-27(53-5)29(23)45(35)10-8-9-22-17-54-28-16-21(32(38)50)14-24-30(28)48(22)36(40-24)42-34(52)26-12-19(4)44-47(26)7-2/h11-16,22H,6-10,17H2,1-5H3,(H2,37,49)(H2,38,50)(H,39,41,51)(H,40,42,52)/t22-/m1/s1. The number of rotatable bonds is 13. The van der Waals surface area contributed by atoms with E-state index in [1.807, 2.05) is 36.8 Å². The van der Waals surface area contributed by atoms with Crippen molar-refractivity contribution in [2.24, 2.45) is 11.5 Å². The number of anilines is 2. The fraction of sp³-hybridized carbons (Fsp3) is 0.333. The number of amides is 4. The van der Waals surface area contributed by atoms with Crippen molar-refractivity contribution in [1.29, 1.82) is 0 Å². The average molecular weight is 737 g/mol. The molecule has 0 saturated heterocycles. The van der Waals surface area contributed by atoms with Crippen LogP contribution in [0.25, 0.3) is 22.1 Å². The molecule has 4 aromatic heterocycles. The number of carbonyl (C=O) groups excluding carboxylic acids is 4. The van der Waals surface area contributed by atoms with Gasteiger partial charge in [-0.1, -0.05) is 0 Å². The van der Waals surface area contributed by atoms with Crippen LogP contribution < -0.4 is 31.6 Å². The number of primary amides is 2. The van der Waals surface area contributed by atoms with Crippen molar-refractivity contribution >= 4 is 57.6 Å². The minimum absolute atomic E-state index is 0.204. The Bertz CT molecular complexity index is 2490. The summed E-state index contributed by atoms with van der Waals surface area (Å²) in [5, 5.41) is 14.7. The van der Waals surface area contributed by atoms with E-state index in [0.717, 1.165) is 0 Å². The van der Waals surface area contributed by atoms with E-state index in [9.17, 15) is 19.2 Å². The van der Waals surface area contributed by atoms with E-state index < -0.39 is 23.6 Å². The second-order valence-electron chi connectivity index (χ2n) is 13.0. The van der Waals surface area contributed by atoms with Gasteiger partial charge in [0.1, 0.15) is 40.5 Å². The summed E-state index contributed by atoms with van der Waals surface area (Å²) in [6.07, 6.45) is 1.05. The van der Waals surface area contributed by atoms with Crippen molar-refractivity contribution in [3.8, 4) is 11.5 Å². The molecule has 1 aliphatic heterocycles. The molecule has 54 heavy (non-hydrogen) atoms. The number of fused-ring (bicyclic) bond motifs is 1. The quantitative estimate of drug-likeness (QED) is 0.135. The first-order chi connectivity index (χ1) is 25.9. The molecule has 4 amide bonds. The highest BCUT2D eigenvalue weighted by molar-refractivity contribution is 6.05. The predicted molar refractivity (Wildman–Crippen MR) is 198 cm³/mol. The van der Waals surface area contributed by atoms with Gasteiger partial charge in [0.25, 0.3) is 11.8 Å². The molecule has 5 heterocycles. The van der Waals surface area contributed by atoms with E-state index in [1.165, 1.54) is 7.11 Å². The predicted octanol–water partition coefficient (Wildman–Crippen LogP) is 3.56. The van der Waals surface area contributed by atoms with Crippen LogP contribution in [0.15, 0.2) is 36.4 Å². The number of imidazole rings is 2. The summed E-state index contributed by atoms with van der Waals surface area (Å²) < 4.78 is 18.8. The van der Waals surface area contributed by atoms with E-state index in [-0.39, 0.29) is 35.7 Å². The van der Waals surface area contributed by atoms with Crippen molar-refractivity contribution in [3.63, 3.8) is 0 Å². The van der Waals surface area contributed by atoms with Crippen LogP contribution in [-0.2, 0) is 19.6 Å². The van der Waals surface area contributed by atoms with E-state index in [2.05, 4.69) is 20.8 Å². The van der Waals surface area contributed by atoms with Gasteiger partial charge in [-0.3, -0.25) is 39.2 Å². The summed E-state index contributed by atoms with van der Waals surface area (Å²) in [6.45, 7) is 8.96. The molecule has 0 radical (unpaired) electrons. The van der Waals surface area contributed by atoms with E-state index in [4.69, 9.17) is 30.9 Å². The fourth-order valence-corrected chi connectivity index (χ4v) is 6.96. The lowest BCUT2D eigenvalue weighted by atomic mass is 10.1.